The Morgan fingerprint density at radius 1 is 1.12 bits per heavy atom. The van der Waals surface area contributed by atoms with Gasteiger partial charge in [0.25, 0.3) is 0 Å². The molecule has 4 bridgehead atoms. The van der Waals surface area contributed by atoms with E-state index in [-0.39, 0.29) is 40.4 Å². The Balaban J connectivity index is 1.60. The molecule has 6 rings (SSSR count). The number of alkyl carbamates (subject to hydrolysis) is 1. The smallest absolute Gasteiger partial charge is 0.408 e. The summed E-state index contributed by atoms with van der Waals surface area (Å²) in [5.74, 6) is -1.37. The van der Waals surface area contributed by atoms with Crippen molar-refractivity contribution in [3.05, 3.63) is 39.4 Å². The summed E-state index contributed by atoms with van der Waals surface area (Å²) in [7, 11) is 4.73. The van der Waals surface area contributed by atoms with Gasteiger partial charge in [-0.05, 0) is 38.4 Å². The van der Waals surface area contributed by atoms with E-state index < -0.39 is 70.5 Å². The van der Waals surface area contributed by atoms with Gasteiger partial charge in [-0.2, -0.15) is 5.26 Å². The zero-order valence-corrected chi connectivity index (χ0v) is 32.1. The number of likely N-dealkylation sites (N-methyl/N-ethyl adjacent to an activating group) is 1. The molecular formula is C34H37Cl3N4O10S. The number of hydrogen-bond donors (Lipinski definition) is 3. The van der Waals surface area contributed by atoms with Gasteiger partial charge in [0.1, 0.15) is 31.0 Å². The van der Waals surface area contributed by atoms with Crippen LogP contribution in [-0.4, -0.2) is 106 Å². The van der Waals surface area contributed by atoms with E-state index in [0.717, 1.165) is 11.1 Å². The number of nitrogens with one attached hydrogen (secondary N) is 1. The van der Waals surface area contributed by atoms with Crippen LogP contribution < -0.4 is 19.5 Å². The van der Waals surface area contributed by atoms with Crippen molar-refractivity contribution >= 4 is 64.6 Å². The number of carbonyl (C=O) groups is 3. The molecule has 7 atom stereocenters. The average molecular weight is 800 g/mol. The van der Waals surface area contributed by atoms with Gasteiger partial charge >= 0.3 is 18.0 Å². The summed E-state index contributed by atoms with van der Waals surface area (Å²) in [5, 5.41) is 36.4. The van der Waals surface area contributed by atoms with Crippen molar-refractivity contribution in [1.29, 1.82) is 5.26 Å². The first-order valence-electron chi connectivity index (χ1n) is 16.2. The van der Waals surface area contributed by atoms with E-state index in [1.54, 1.807) is 6.92 Å². The van der Waals surface area contributed by atoms with Crippen molar-refractivity contribution in [1.82, 2.24) is 15.1 Å². The number of aromatic hydroxyl groups is 2. The largest absolute Gasteiger partial charge is 0.504 e. The third-order valence-electron chi connectivity index (χ3n) is 10.1. The minimum absolute atomic E-state index is 0.0435. The monoisotopic (exact) mass is 798 g/mol. The van der Waals surface area contributed by atoms with Crippen LogP contribution in [0.3, 0.4) is 0 Å². The molecule has 1 amide bonds. The molecule has 2 saturated heterocycles. The maximum Gasteiger partial charge on any atom is 0.408 e. The number of nitriles is 1. The Hall–Kier alpha value is -3.52. The number of nitrogens with zero attached hydrogens (tertiary/aromatic N) is 3. The fraction of sp³-hybridized carbons (Fsp3) is 0.529. The molecule has 3 N–H and O–H groups in total. The topological polar surface area (TPSA) is 180 Å². The number of fused-ring (bicyclic) bond motifs is 7. The van der Waals surface area contributed by atoms with Gasteiger partial charge in [0.15, 0.2) is 23.0 Å². The number of ether oxygens (including phenoxy) is 5. The molecule has 0 radical (unpaired) electrons. The predicted molar refractivity (Wildman–Crippen MR) is 191 cm³/mol. The number of hydrogen-bond acceptors (Lipinski definition) is 14. The highest BCUT2D eigenvalue weighted by Gasteiger charge is 2.60. The normalized spacial score (nSPS) is 26.8. The molecule has 0 aliphatic carbocycles. The zero-order chi connectivity index (χ0) is 38.0. The first-order valence-corrected chi connectivity index (χ1v) is 18.4. The van der Waals surface area contributed by atoms with Crippen LogP contribution in [0.15, 0.2) is 6.07 Å². The molecular weight excluding hydrogens is 763 g/mol. The minimum Gasteiger partial charge on any atom is -0.504 e. The zero-order valence-electron chi connectivity index (χ0n) is 29.0. The number of rotatable bonds is 5. The summed E-state index contributed by atoms with van der Waals surface area (Å²) in [4.78, 5) is 43.1. The van der Waals surface area contributed by atoms with Gasteiger partial charge in [-0.25, -0.2) is 9.59 Å². The number of benzene rings is 2. The van der Waals surface area contributed by atoms with E-state index in [2.05, 4.69) is 16.3 Å². The number of esters is 2. The van der Waals surface area contributed by atoms with Crippen LogP contribution in [0.4, 0.5) is 4.79 Å². The van der Waals surface area contributed by atoms with Gasteiger partial charge in [0.2, 0.25) is 3.79 Å². The molecule has 18 heteroatoms. The molecule has 0 spiro atoms. The summed E-state index contributed by atoms with van der Waals surface area (Å²) < 4.78 is 26.2. The van der Waals surface area contributed by atoms with Crippen molar-refractivity contribution in [3.63, 3.8) is 0 Å². The molecule has 0 unspecified atom stereocenters. The molecule has 2 aromatic rings. The second kappa shape index (κ2) is 14.4. The van der Waals surface area contributed by atoms with Crippen molar-refractivity contribution in [3.8, 4) is 34.8 Å². The third-order valence-corrected chi connectivity index (χ3v) is 11.9. The lowest BCUT2D eigenvalue weighted by Gasteiger charge is -2.61. The van der Waals surface area contributed by atoms with Crippen LogP contribution in [0.5, 0.6) is 28.7 Å². The number of carbonyl (C=O) groups excluding carboxylic acids is 3. The molecule has 2 aromatic carbocycles. The number of amides is 1. The molecule has 4 aliphatic heterocycles. The number of piperazine rings is 1. The van der Waals surface area contributed by atoms with Crippen LogP contribution >= 0.6 is 46.6 Å². The van der Waals surface area contributed by atoms with E-state index in [0.29, 0.717) is 28.9 Å². The van der Waals surface area contributed by atoms with Gasteiger partial charge < -0.3 is 39.2 Å². The van der Waals surface area contributed by atoms with Gasteiger partial charge in [-0.3, -0.25) is 14.6 Å². The lowest BCUT2D eigenvalue weighted by molar-refractivity contribution is -0.151. The van der Waals surface area contributed by atoms with Gasteiger partial charge in [-0.1, -0.05) is 40.9 Å². The van der Waals surface area contributed by atoms with Crippen LogP contribution in [0.25, 0.3) is 0 Å². The fourth-order valence-electron chi connectivity index (χ4n) is 8.20. The summed E-state index contributed by atoms with van der Waals surface area (Å²) in [5.41, 5.74) is 3.20. The SMILES string of the molecule is COc1c(C)cc2c(c1O)[C@@H]1[C@@H]3[C@@H]4SC[C@H](NC(=O)OCC(Cl)(Cl)Cl)C(=O)OC[C@@H](c5c(O)c(OC)c(C)c(OC(C)=O)c54)N3[C@@H](C#N)[C@H](C2)N1C. The number of alkyl halides is 3. The van der Waals surface area contributed by atoms with Crippen molar-refractivity contribution in [2.24, 2.45) is 0 Å². The predicted octanol–water partition coefficient (Wildman–Crippen LogP) is 4.68. The van der Waals surface area contributed by atoms with Crippen LogP contribution in [0.2, 0.25) is 0 Å². The number of methoxy groups -OCH3 is 2. The quantitative estimate of drug-likeness (QED) is 0.216. The second-order valence-electron chi connectivity index (χ2n) is 13.1. The average Bonchev–Trinajstić information content (AvgIpc) is 3.06. The van der Waals surface area contributed by atoms with Gasteiger partial charge in [0, 0.05) is 47.0 Å². The van der Waals surface area contributed by atoms with Gasteiger partial charge in [-0.15, -0.1) is 11.8 Å². The summed E-state index contributed by atoms with van der Waals surface area (Å²) in [6.07, 6.45) is -0.626. The molecule has 4 aliphatic rings. The lowest BCUT2D eigenvalue weighted by Crippen LogP contribution is -2.69. The Kier molecular flexibility index (Phi) is 10.6. The highest BCUT2D eigenvalue weighted by Crippen LogP contribution is 2.63. The summed E-state index contributed by atoms with van der Waals surface area (Å²) in [6, 6.07) is -0.258. The molecule has 280 valence electrons. The number of halogens is 3. The lowest BCUT2D eigenvalue weighted by atomic mass is 9.71. The van der Waals surface area contributed by atoms with Crippen molar-refractivity contribution in [2.75, 3.05) is 40.2 Å². The Labute approximate surface area is 319 Å². The molecule has 14 nitrogen and oxygen atoms in total. The van der Waals surface area contributed by atoms with Crippen molar-refractivity contribution in [2.45, 2.75) is 72.5 Å². The summed E-state index contributed by atoms with van der Waals surface area (Å²) >= 11 is 18.5. The first kappa shape index (κ1) is 38.2. The molecule has 0 saturated carbocycles. The second-order valence-corrected chi connectivity index (χ2v) is 16.8. The van der Waals surface area contributed by atoms with Gasteiger partial charge in [0.05, 0.1) is 37.6 Å². The van der Waals surface area contributed by atoms with E-state index in [1.807, 2.05) is 24.9 Å². The van der Waals surface area contributed by atoms with E-state index in [1.165, 1.54) is 32.9 Å². The number of phenols is 2. The fourth-order valence-corrected chi connectivity index (χ4v) is 9.87. The standard InChI is InChI=1S/C34H37Cl3N4O10S/c1-13-7-16-8-18-19(9-38)41-20-10-49-32(45)17(39-33(46)50-12-34(35,36)37)11-52-31(25(41)24(40(18)4)21(16)26(43)28(13)47-5)23-22(20)27(44)30(48-6)14(2)29(23)51-15(3)42/h7,17-20,24-25,31,43-44H,8,10-12H2,1-6H3,(H,39,46)/t17-,18-,19-,20-,24+,25+,31+/m0/s1. The molecule has 2 fully saturated rings. The van der Waals surface area contributed by atoms with E-state index in [4.69, 9.17) is 58.5 Å². The Morgan fingerprint density at radius 3 is 2.40 bits per heavy atom. The number of thioether (sulfide) groups is 1. The maximum atomic E-state index is 13.6. The van der Waals surface area contributed by atoms with E-state index in [9.17, 15) is 29.9 Å². The van der Waals surface area contributed by atoms with Crippen LogP contribution in [0, 0.1) is 25.2 Å². The van der Waals surface area contributed by atoms with Crippen molar-refractivity contribution < 1.29 is 48.3 Å². The number of phenolic OH excluding ortho intramolecular Hbond substituents is 2. The van der Waals surface area contributed by atoms with E-state index >= 15 is 0 Å². The molecule has 52 heavy (non-hydrogen) atoms. The molecule has 4 heterocycles. The maximum absolute atomic E-state index is 13.6. The minimum atomic E-state index is -1.89. The summed E-state index contributed by atoms with van der Waals surface area (Å²) in [6.45, 7) is 3.76. The highest BCUT2D eigenvalue weighted by atomic mass is 35.6. The highest BCUT2D eigenvalue weighted by molar-refractivity contribution is 7.99. The Morgan fingerprint density at radius 2 is 1.79 bits per heavy atom. The van der Waals surface area contributed by atoms with Crippen LogP contribution in [0.1, 0.15) is 57.6 Å². The molecule has 0 aromatic heterocycles. The number of aryl methyl sites for hydroxylation is 1. The Bertz CT molecular complexity index is 1870. The first-order chi connectivity index (χ1) is 24.5. The van der Waals surface area contributed by atoms with Crippen LogP contribution in [-0.2, 0) is 25.5 Å². The third kappa shape index (κ3) is 6.41. The number of cyclic esters (lactones) is 1.